The van der Waals surface area contributed by atoms with Gasteiger partial charge in [0.15, 0.2) is 11.4 Å². The van der Waals surface area contributed by atoms with E-state index in [4.69, 9.17) is 9.84 Å². The van der Waals surface area contributed by atoms with Crippen molar-refractivity contribution in [1.82, 2.24) is 4.98 Å². The van der Waals surface area contributed by atoms with Gasteiger partial charge in [0.25, 0.3) is 0 Å². The van der Waals surface area contributed by atoms with Crippen LogP contribution in [0.2, 0.25) is 0 Å². The fourth-order valence-electron chi connectivity index (χ4n) is 1.35. The Balaban J connectivity index is 2.17. The van der Waals surface area contributed by atoms with E-state index in [2.05, 4.69) is 4.98 Å². The van der Waals surface area contributed by atoms with Crippen molar-refractivity contribution in [2.75, 3.05) is 0 Å². The zero-order chi connectivity index (χ0) is 12.3. The van der Waals surface area contributed by atoms with Crippen LogP contribution in [0.25, 0.3) is 0 Å². The van der Waals surface area contributed by atoms with Crippen molar-refractivity contribution in [3.8, 4) is 5.75 Å². The van der Waals surface area contributed by atoms with Crippen molar-refractivity contribution in [1.29, 1.82) is 0 Å². The Morgan fingerprint density at radius 2 is 2.29 bits per heavy atom. The summed E-state index contributed by atoms with van der Waals surface area (Å²) in [6, 6.07) is 5.31. The molecule has 2 rings (SSSR count). The van der Waals surface area contributed by atoms with Crippen molar-refractivity contribution in [2.24, 2.45) is 0 Å². The van der Waals surface area contributed by atoms with Gasteiger partial charge in [-0.2, -0.15) is 11.3 Å². The standard InChI is InChI=1S/C12H11NO3S/c1-8-2-3-10(11(13-8)12(14)15)16-6-9-4-5-17-7-9/h2-5,7H,6H2,1H3,(H,14,15). The number of hydrogen-bond acceptors (Lipinski definition) is 4. The fourth-order valence-corrected chi connectivity index (χ4v) is 2.00. The van der Waals surface area contributed by atoms with E-state index in [-0.39, 0.29) is 5.69 Å². The number of hydrogen-bond donors (Lipinski definition) is 1. The van der Waals surface area contributed by atoms with Gasteiger partial charge in [-0.25, -0.2) is 9.78 Å². The molecule has 0 fully saturated rings. The SMILES string of the molecule is Cc1ccc(OCc2ccsc2)c(C(=O)O)n1. The third kappa shape index (κ3) is 2.82. The van der Waals surface area contributed by atoms with E-state index in [1.807, 2.05) is 16.8 Å². The molecule has 0 radical (unpaired) electrons. The third-order valence-electron chi connectivity index (χ3n) is 2.17. The second-order valence-electron chi connectivity index (χ2n) is 3.52. The maximum absolute atomic E-state index is 11.0. The maximum atomic E-state index is 11.0. The molecular weight excluding hydrogens is 238 g/mol. The molecule has 0 bridgehead atoms. The highest BCUT2D eigenvalue weighted by atomic mass is 32.1. The van der Waals surface area contributed by atoms with E-state index in [0.717, 1.165) is 5.56 Å². The molecular formula is C12H11NO3S. The first-order valence-electron chi connectivity index (χ1n) is 5.01. The zero-order valence-electron chi connectivity index (χ0n) is 9.21. The van der Waals surface area contributed by atoms with Gasteiger partial charge in [-0.15, -0.1) is 0 Å². The van der Waals surface area contributed by atoms with Crippen molar-refractivity contribution < 1.29 is 14.6 Å². The first-order chi connectivity index (χ1) is 8.16. The summed E-state index contributed by atoms with van der Waals surface area (Å²) >= 11 is 1.58. The Kier molecular flexibility index (Phi) is 3.39. The predicted octanol–water partition coefficient (Wildman–Crippen LogP) is 2.73. The first kappa shape index (κ1) is 11.6. The van der Waals surface area contributed by atoms with Gasteiger partial charge in [0, 0.05) is 5.69 Å². The molecule has 0 unspecified atom stereocenters. The van der Waals surface area contributed by atoms with Crippen LogP contribution >= 0.6 is 11.3 Å². The lowest BCUT2D eigenvalue weighted by molar-refractivity contribution is 0.0684. The summed E-state index contributed by atoms with van der Waals surface area (Å²) < 4.78 is 5.46. The van der Waals surface area contributed by atoms with E-state index in [1.54, 1.807) is 30.4 Å². The third-order valence-corrected chi connectivity index (χ3v) is 2.91. The number of aryl methyl sites for hydroxylation is 1. The molecule has 2 heterocycles. The molecule has 0 aromatic carbocycles. The number of nitrogens with zero attached hydrogens (tertiary/aromatic N) is 1. The molecule has 0 saturated carbocycles. The van der Waals surface area contributed by atoms with Crippen molar-refractivity contribution in [3.05, 3.63) is 45.9 Å². The number of thiophene rings is 1. The van der Waals surface area contributed by atoms with Crippen LogP contribution < -0.4 is 4.74 Å². The molecule has 0 amide bonds. The second kappa shape index (κ2) is 4.97. The van der Waals surface area contributed by atoms with Crippen LogP contribution in [0.5, 0.6) is 5.75 Å². The fraction of sp³-hybridized carbons (Fsp3) is 0.167. The van der Waals surface area contributed by atoms with Gasteiger partial charge in [-0.3, -0.25) is 0 Å². The van der Waals surface area contributed by atoms with Crippen LogP contribution in [0.1, 0.15) is 21.7 Å². The Morgan fingerprint density at radius 1 is 1.47 bits per heavy atom. The number of carbonyl (C=O) groups is 1. The van der Waals surface area contributed by atoms with Gasteiger partial charge in [0.05, 0.1) is 0 Å². The lowest BCUT2D eigenvalue weighted by Gasteiger charge is -2.08. The van der Waals surface area contributed by atoms with Gasteiger partial charge in [0.2, 0.25) is 0 Å². The number of carboxylic acid groups (broad SMARTS) is 1. The Hall–Kier alpha value is -1.88. The largest absolute Gasteiger partial charge is 0.486 e. The number of carboxylic acids is 1. The summed E-state index contributed by atoms with van der Waals surface area (Å²) in [5.41, 5.74) is 1.64. The molecule has 17 heavy (non-hydrogen) atoms. The highest BCUT2D eigenvalue weighted by Gasteiger charge is 2.13. The van der Waals surface area contributed by atoms with Gasteiger partial charge >= 0.3 is 5.97 Å². The molecule has 0 saturated heterocycles. The number of ether oxygens (including phenoxy) is 1. The first-order valence-corrected chi connectivity index (χ1v) is 5.96. The highest BCUT2D eigenvalue weighted by Crippen LogP contribution is 2.19. The normalized spacial score (nSPS) is 10.2. The molecule has 0 aliphatic carbocycles. The molecule has 4 nitrogen and oxygen atoms in total. The monoisotopic (exact) mass is 249 g/mol. The average Bonchev–Trinajstić information content (AvgIpc) is 2.80. The molecule has 1 N–H and O–H groups in total. The summed E-state index contributed by atoms with van der Waals surface area (Å²) in [6.45, 7) is 2.10. The lowest BCUT2D eigenvalue weighted by Crippen LogP contribution is -2.06. The van der Waals surface area contributed by atoms with Crippen LogP contribution in [0.4, 0.5) is 0 Å². The van der Waals surface area contributed by atoms with Crippen molar-refractivity contribution in [3.63, 3.8) is 0 Å². The van der Waals surface area contributed by atoms with Gasteiger partial charge in [0.1, 0.15) is 6.61 Å². The second-order valence-corrected chi connectivity index (χ2v) is 4.30. The van der Waals surface area contributed by atoms with E-state index >= 15 is 0 Å². The Morgan fingerprint density at radius 3 is 2.94 bits per heavy atom. The van der Waals surface area contributed by atoms with E-state index < -0.39 is 5.97 Å². The summed E-state index contributed by atoms with van der Waals surface area (Å²) in [5.74, 6) is -0.775. The smallest absolute Gasteiger partial charge is 0.358 e. The molecule has 2 aromatic rings. The predicted molar refractivity (Wildman–Crippen MR) is 64.6 cm³/mol. The van der Waals surface area contributed by atoms with Crippen LogP contribution in [0, 0.1) is 6.92 Å². The minimum Gasteiger partial charge on any atom is -0.486 e. The van der Waals surface area contributed by atoms with Crippen LogP contribution in [-0.4, -0.2) is 16.1 Å². The molecule has 5 heteroatoms. The minimum atomic E-state index is -1.07. The van der Waals surface area contributed by atoms with Gasteiger partial charge < -0.3 is 9.84 Å². The number of aromatic carboxylic acids is 1. The summed E-state index contributed by atoms with van der Waals surface area (Å²) in [5, 5.41) is 12.9. The number of rotatable bonds is 4. The van der Waals surface area contributed by atoms with Gasteiger partial charge in [-0.1, -0.05) is 0 Å². The Labute approximate surface area is 103 Å². The summed E-state index contributed by atoms with van der Waals surface area (Å²) in [6.07, 6.45) is 0. The lowest BCUT2D eigenvalue weighted by atomic mass is 10.3. The van der Waals surface area contributed by atoms with E-state index in [1.165, 1.54) is 0 Å². The molecule has 0 spiro atoms. The quantitative estimate of drug-likeness (QED) is 0.905. The summed E-state index contributed by atoms with van der Waals surface area (Å²) in [7, 11) is 0. The molecule has 88 valence electrons. The van der Waals surface area contributed by atoms with Crippen LogP contribution in [-0.2, 0) is 6.61 Å². The number of aromatic nitrogens is 1. The minimum absolute atomic E-state index is 0.0415. The maximum Gasteiger partial charge on any atom is 0.358 e. The molecule has 2 aromatic heterocycles. The number of pyridine rings is 1. The Bertz CT molecular complexity index is 523. The average molecular weight is 249 g/mol. The zero-order valence-corrected chi connectivity index (χ0v) is 10.0. The van der Waals surface area contributed by atoms with Gasteiger partial charge in [-0.05, 0) is 41.4 Å². The summed E-state index contributed by atoms with van der Waals surface area (Å²) in [4.78, 5) is 14.9. The van der Waals surface area contributed by atoms with E-state index in [9.17, 15) is 4.79 Å². The highest BCUT2D eigenvalue weighted by molar-refractivity contribution is 7.07. The van der Waals surface area contributed by atoms with E-state index in [0.29, 0.717) is 18.1 Å². The van der Waals surface area contributed by atoms with Crippen LogP contribution in [0.3, 0.4) is 0 Å². The molecule has 0 aliphatic rings. The molecule has 0 atom stereocenters. The van der Waals surface area contributed by atoms with Crippen molar-refractivity contribution in [2.45, 2.75) is 13.5 Å². The van der Waals surface area contributed by atoms with Crippen molar-refractivity contribution >= 4 is 17.3 Å². The molecule has 0 aliphatic heterocycles. The topological polar surface area (TPSA) is 59.4 Å². The van der Waals surface area contributed by atoms with Crippen LogP contribution in [0.15, 0.2) is 29.0 Å².